The van der Waals surface area contributed by atoms with Crippen molar-refractivity contribution in [3.63, 3.8) is 0 Å². The normalized spacial score (nSPS) is 12.6. The molecule has 0 saturated heterocycles. The maximum absolute atomic E-state index is 12.2. The van der Waals surface area contributed by atoms with Crippen molar-refractivity contribution in [2.24, 2.45) is 5.92 Å². The highest BCUT2D eigenvalue weighted by atomic mass is 32.1. The van der Waals surface area contributed by atoms with Gasteiger partial charge >= 0.3 is 0 Å². The molecule has 1 amide bonds. The van der Waals surface area contributed by atoms with E-state index in [9.17, 15) is 4.79 Å². The van der Waals surface area contributed by atoms with Crippen LogP contribution in [0.15, 0.2) is 0 Å². The van der Waals surface area contributed by atoms with Gasteiger partial charge in [-0.15, -0.1) is 11.3 Å². The molecular weight excluding hydrogens is 286 g/mol. The Balaban J connectivity index is 3.21. The molecule has 120 valence electrons. The Kier molecular flexibility index (Phi) is 5.89. The summed E-state index contributed by atoms with van der Waals surface area (Å²) in [6, 6.07) is 0.264. The van der Waals surface area contributed by atoms with E-state index in [1.54, 1.807) is 14.1 Å². The molecule has 3 N–H and O–H groups in total. The number of nitrogen functional groups attached to an aromatic ring is 1. The summed E-state index contributed by atoms with van der Waals surface area (Å²) >= 11 is 1.36. The highest BCUT2D eigenvalue weighted by molar-refractivity contribution is 7.19. The Morgan fingerprint density at radius 1 is 1.24 bits per heavy atom. The van der Waals surface area contributed by atoms with Crippen molar-refractivity contribution in [2.45, 2.75) is 46.8 Å². The number of nitrogens with one attached hydrogen (secondary N) is 1. The maximum Gasteiger partial charge on any atom is 0.265 e. The number of hydrogen-bond donors (Lipinski definition) is 2. The molecule has 1 heterocycles. The number of nitrogens with zero attached hydrogens (tertiary/aromatic N) is 1. The van der Waals surface area contributed by atoms with Crippen LogP contribution in [0.2, 0.25) is 0 Å². The van der Waals surface area contributed by atoms with Crippen molar-refractivity contribution in [1.29, 1.82) is 0 Å². The maximum atomic E-state index is 12.2. The van der Waals surface area contributed by atoms with Crippen molar-refractivity contribution < 1.29 is 9.53 Å². The van der Waals surface area contributed by atoms with Gasteiger partial charge in [-0.3, -0.25) is 4.79 Å². The molecule has 0 bridgehead atoms. The molecule has 0 aromatic carbocycles. The van der Waals surface area contributed by atoms with E-state index in [1.807, 2.05) is 13.8 Å². The molecule has 1 atom stereocenters. The number of ether oxygens (including phenoxy) is 1. The lowest BCUT2D eigenvalue weighted by Crippen LogP contribution is -2.21. The quantitative estimate of drug-likeness (QED) is 0.846. The summed E-state index contributed by atoms with van der Waals surface area (Å²) in [7, 11) is 3.43. The smallest absolute Gasteiger partial charge is 0.265 e. The van der Waals surface area contributed by atoms with Crippen molar-refractivity contribution in [3.05, 3.63) is 4.88 Å². The van der Waals surface area contributed by atoms with Crippen LogP contribution in [0, 0.1) is 5.92 Å². The summed E-state index contributed by atoms with van der Waals surface area (Å²) in [5.74, 6) is 0.956. The molecule has 0 saturated carbocycles. The monoisotopic (exact) mass is 313 g/mol. The molecule has 0 aliphatic carbocycles. The molecule has 0 fully saturated rings. The topological polar surface area (TPSA) is 67.6 Å². The zero-order valence-electron chi connectivity index (χ0n) is 14.0. The standard InChI is InChI=1S/C15H27N3O2S/c1-8(2)10(5)17-14-12(20-9(3)4)11(16)13(21-14)15(19)18(6)7/h8-10,17H,16H2,1-7H3. The fraction of sp³-hybridized carbons (Fsp3) is 0.667. The first-order valence-electron chi connectivity index (χ1n) is 7.22. The van der Waals surface area contributed by atoms with Gasteiger partial charge < -0.3 is 20.7 Å². The molecule has 1 aromatic heterocycles. The van der Waals surface area contributed by atoms with E-state index in [4.69, 9.17) is 10.5 Å². The van der Waals surface area contributed by atoms with Gasteiger partial charge in [0.25, 0.3) is 5.91 Å². The first kappa shape index (κ1) is 17.6. The summed E-state index contributed by atoms with van der Waals surface area (Å²) in [6.45, 7) is 10.3. The number of carbonyl (C=O) groups excluding carboxylic acids is 1. The molecule has 1 unspecified atom stereocenters. The average Bonchev–Trinajstić information content (AvgIpc) is 2.65. The molecular formula is C15H27N3O2S. The zero-order chi connectivity index (χ0) is 16.3. The number of rotatable bonds is 6. The van der Waals surface area contributed by atoms with Gasteiger partial charge in [-0.05, 0) is 26.7 Å². The SMILES string of the molecule is CC(C)Oc1c(NC(C)C(C)C)sc(C(=O)N(C)C)c1N. The molecule has 1 rings (SSSR count). The van der Waals surface area contributed by atoms with Crippen LogP contribution in [-0.2, 0) is 0 Å². The van der Waals surface area contributed by atoms with Crippen molar-refractivity contribution in [1.82, 2.24) is 4.90 Å². The van der Waals surface area contributed by atoms with Gasteiger partial charge in [-0.25, -0.2) is 0 Å². The van der Waals surface area contributed by atoms with E-state index in [1.165, 1.54) is 16.2 Å². The van der Waals surface area contributed by atoms with Crippen LogP contribution in [-0.4, -0.2) is 37.0 Å². The van der Waals surface area contributed by atoms with E-state index >= 15 is 0 Å². The second-order valence-electron chi connectivity index (χ2n) is 6.05. The van der Waals surface area contributed by atoms with Crippen LogP contribution in [0.1, 0.15) is 44.3 Å². The van der Waals surface area contributed by atoms with E-state index in [0.717, 1.165) is 5.00 Å². The van der Waals surface area contributed by atoms with Crippen LogP contribution in [0.5, 0.6) is 5.75 Å². The highest BCUT2D eigenvalue weighted by Gasteiger charge is 2.25. The van der Waals surface area contributed by atoms with Gasteiger partial charge in [0.2, 0.25) is 0 Å². The van der Waals surface area contributed by atoms with Crippen LogP contribution in [0.25, 0.3) is 0 Å². The van der Waals surface area contributed by atoms with Crippen LogP contribution < -0.4 is 15.8 Å². The van der Waals surface area contributed by atoms with Crippen molar-refractivity contribution >= 4 is 27.9 Å². The number of thiophene rings is 1. The number of nitrogens with two attached hydrogens (primary N) is 1. The molecule has 6 heteroatoms. The lowest BCUT2D eigenvalue weighted by atomic mass is 10.1. The molecule has 0 spiro atoms. The molecule has 21 heavy (non-hydrogen) atoms. The van der Waals surface area contributed by atoms with Gasteiger partial charge in [-0.1, -0.05) is 13.8 Å². The Hall–Kier alpha value is -1.43. The van der Waals surface area contributed by atoms with Crippen LogP contribution in [0.4, 0.5) is 10.7 Å². The summed E-state index contributed by atoms with van der Waals surface area (Å²) in [5.41, 5.74) is 6.56. The second-order valence-corrected chi connectivity index (χ2v) is 7.07. The van der Waals surface area contributed by atoms with Gasteiger partial charge in [0.05, 0.1) is 6.10 Å². The molecule has 0 radical (unpaired) electrons. The Labute approximate surface area is 131 Å². The molecule has 1 aromatic rings. The van der Waals surface area contributed by atoms with Crippen molar-refractivity contribution in [3.8, 4) is 5.75 Å². The Bertz CT molecular complexity index is 495. The number of anilines is 2. The minimum atomic E-state index is -0.101. The summed E-state index contributed by atoms with van der Waals surface area (Å²) in [4.78, 5) is 14.3. The third kappa shape index (κ3) is 4.27. The number of carbonyl (C=O) groups is 1. The minimum Gasteiger partial charge on any atom is -0.486 e. The molecule has 5 nitrogen and oxygen atoms in total. The summed E-state index contributed by atoms with van der Waals surface area (Å²) < 4.78 is 5.82. The molecule has 0 aliphatic rings. The predicted molar refractivity (Wildman–Crippen MR) is 90.4 cm³/mol. The van der Waals surface area contributed by atoms with E-state index in [0.29, 0.717) is 22.2 Å². The predicted octanol–water partition coefficient (Wildman–Crippen LogP) is 3.28. The van der Waals surface area contributed by atoms with E-state index in [2.05, 4.69) is 26.1 Å². The van der Waals surface area contributed by atoms with Crippen LogP contribution >= 0.6 is 11.3 Å². The average molecular weight is 313 g/mol. The van der Waals surface area contributed by atoms with Crippen LogP contribution in [0.3, 0.4) is 0 Å². The number of hydrogen-bond acceptors (Lipinski definition) is 5. The summed E-state index contributed by atoms with van der Waals surface area (Å²) in [5, 5.41) is 4.24. The Morgan fingerprint density at radius 2 is 1.81 bits per heavy atom. The third-order valence-electron chi connectivity index (χ3n) is 3.21. The second kappa shape index (κ2) is 7.02. The Morgan fingerprint density at radius 3 is 2.24 bits per heavy atom. The number of amides is 1. The fourth-order valence-electron chi connectivity index (χ4n) is 1.61. The lowest BCUT2D eigenvalue weighted by molar-refractivity contribution is 0.0832. The van der Waals surface area contributed by atoms with Gasteiger partial charge in [0.15, 0.2) is 5.75 Å². The molecule has 0 aliphatic heterocycles. The van der Waals surface area contributed by atoms with E-state index in [-0.39, 0.29) is 18.1 Å². The third-order valence-corrected chi connectivity index (χ3v) is 4.32. The highest BCUT2D eigenvalue weighted by Crippen LogP contribution is 2.44. The first-order valence-corrected chi connectivity index (χ1v) is 8.03. The minimum absolute atomic E-state index is 0.000820. The fourth-order valence-corrected chi connectivity index (χ4v) is 2.78. The van der Waals surface area contributed by atoms with Gasteiger partial charge in [0.1, 0.15) is 15.6 Å². The van der Waals surface area contributed by atoms with E-state index < -0.39 is 0 Å². The van der Waals surface area contributed by atoms with Crippen molar-refractivity contribution in [2.75, 3.05) is 25.1 Å². The first-order chi connectivity index (χ1) is 9.65. The van der Waals surface area contributed by atoms with Gasteiger partial charge in [0, 0.05) is 20.1 Å². The lowest BCUT2D eigenvalue weighted by Gasteiger charge is -2.19. The summed E-state index contributed by atoms with van der Waals surface area (Å²) in [6.07, 6.45) is -0.000820. The van der Waals surface area contributed by atoms with Gasteiger partial charge in [-0.2, -0.15) is 0 Å². The zero-order valence-corrected chi connectivity index (χ0v) is 14.8. The largest absolute Gasteiger partial charge is 0.486 e.